The van der Waals surface area contributed by atoms with E-state index in [4.69, 9.17) is 14.5 Å². The summed E-state index contributed by atoms with van der Waals surface area (Å²) in [6.07, 6.45) is 1.17. The molecule has 0 heterocycles. The maximum atomic E-state index is 14.4. The standard InChI is InChI=1S/C39H47F5O5/c1-3-5-7-9-11-16-20-35(38(40,41)39(42,43)44)48-36(45)31-23-21-30(22-24-31)34-28-32(25-26-33(34)29-18-14-13-15-19-29)37(46)49-47-27-17-12-10-8-6-4-2/h13-15,18-19,21-26,28,35H,3-12,16-17,20,27H2,1-2H3. The quantitative estimate of drug-likeness (QED) is 0.0366. The van der Waals surface area contributed by atoms with Gasteiger partial charge in [-0.2, -0.15) is 26.8 Å². The van der Waals surface area contributed by atoms with Crippen molar-refractivity contribution in [2.45, 2.75) is 116 Å². The largest absolute Gasteiger partial charge is 0.457 e. The van der Waals surface area contributed by atoms with Crippen molar-refractivity contribution in [2.24, 2.45) is 0 Å². The lowest BCUT2D eigenvalue weighted by Crippen LogP contribution is -2.49. The van der Waals surface area contributed by atoms with E-state index in [0.29, 0.717) is 24.0 Å². The summed E-state index contributed by atoms with van der Waals surface area (Å²) in [5, 5.41) is 0. The second-order valence-electron chi connectivity index (χ2n) is 12.2. The average Bonchev–Trinajstić information content (AvgIpc) is 3.09. The van der Waals surface area contributed by atoms with Crippen molar-refractivity contribution in [2.75, 3.05) is 6.61 Å². The van der Waals surface area contributed by atoms with Gasteiger partial charge in [-0.3, -0.25) is 4.89 Å². The fourth-order valence-corrected chi connectivity index (χ4v) is 5.45. The molecule has 3 aromatic rings. The van der Waals surface area contributed by atoms with Gasteiger partial charge in [-0.05, 0) is 65.8 Å². The monoisotopic (exact) mass is 690 g/mol. The smallest absolute Gasteiger partial charge is 0.452 e. The molecule has 1 atom stereocenters. The zero-order valence-corrected chi connectivity index (χ0v) is 28.3. The summed E-state index contributed by atoms with van der Waals surface area (Å²) in [5.74, 6) is -7.17. The Kier molecular flexibility index (Phi) is 16.2. The van der Waals surface area contributed by atoms with Crippen molar-refractivity contribution >= 4 is 11.9 Å². The van der Waals surface area contributed by atoms with Crippen molar-refractivity contribution in [3.05, 3.63) is 83.9 Å². The van der Waals surface area contributed by atoms with E-state index in [0.717, 1.165) is 62.5 Å². The summed E-state index contributed by atoms with van der Waals surface area (Å²) in [7, 11) is 0. The molecule has 49 heavy (non-hydrogen) atoms. The van der Waals surface area contributed by atoms with E-state index < -0.39 is 36.6 Å². The number of rotatable bonds is 21. The number of carbonyl (C=O) groups excluding carboxylic acids is 2. The number of unbranched alkanes of at least 4 members (excludes halogenated alkanes) is 10. The number of halogens is 5. The van der Waals surface area contributed by atoms with E-state index in [-0.39, 0.29) is 24.2 Å². The highest BCUT2D eigenvalue weighted by atomic mass is 19.4. The zero-order chi connectivity index (χ0) is 35.7. The molecule has 3 aromatic carbocycles. The van der Waals surface area contributed by atoms with Gasteiger partial charge in [0.2, 0.25) is 0 Å². The van der Waals surface area contributed by atoms with Crippen LogP contribution in [0.25, 0.3) is 22.3 Å². The van der Waals surface area contributed by atoms with Gasteiger partial charge in [0.25, 0.3) is 0 Å². The van der Waals surface area contributed by atoms with E-state index in [1.165, 1.54) is 30.7 Å². The summed E-state index contributed by atoms with van der Waals surface area (Å²) < 4.78 is 73.6. The molecule has 0 bridgehead atoms. The zero-order valence-electron chi connectivity index (χ0n) is 28.3. The Morgan fingerprint density at radius 1 is 0.612 bits per heavy atom. The molecule has 0 saturated carbocycles. The Balaban J connectivity index is 1.77. The van der Waals surface area contributed by atoms with Gasteiger partial charge >= 0.3 is 24.0 Å². The molecule has 0 aliphatic heterocycles. The van der Waals surface area contributed by atoms with E-state index in [9.17, 15) is 31.5 Å². The molecule has 0 saturated heterocycles. The van der Waals surface area contributed by atoms with Gasteiger partial charge in [0.1, 0.15) is 0 Å². The normalized spacial score (nSPS) is 12.5. The van der Waals surface area contributed by atoms with Crippen LogP contribution in [0.5, 0.6) is 0 Å². The van der Waals surface area contributed by atoms with Crippen LogP contribution >= 0.6 is 0 Å². The Hall–Kier alpha value is -3.79. The third-order valence-corrected chi connectivity index (χ3v) is 8.34. The van der Waals surface area contributed by atoms with Crippen molar-refractivity contribution in [1.29, 1.82) is 0 Å². The van der Waals surface area contributed by atoms with E-state index in [2.05, 4.69) is 6.92 Å². The number of alkyl halides is 5. The lowest BCUT2D eigenvalue weighted by molar-refractivity contribution is -0.312. The molecule has 0 aromatic heterocycles. The first-order valence-electron chi connectivity index (χ1n) is 17.3. The van der Waals surface area contributed by atoms with Gasteiger partial charge in [-0.1, -0.05) is 127 Å². The first kappa shape index (κ1) is 39.6. The molecular formula is C39H47F5O5. The minimum absolute atomic E-state index is 0.0669. The van der Waals surface area contributed by atoms with Crippen LogP contribution in [-0.4, -0.2) is 36.7 Å². The van der Waals surface area contributed by atoms with Crippen LogP contribution in [0, 0.1) is 0 Å². The molecule has 3 rings (SSSR count). The third-order valence-electron chi connectivity index (χ3n) is 8.34. The highest BCUT2D eigenvalue weighted by Gasteiger charge is 2.63. The van der Waals surface area contributed by atoms with Gasteiger partial charge < -0.3 is 4.74 Å². The van der Waals surface area contributed by atoms with E-state index in [1.54, 1.807) is 18.2 Å². The Bertz CT molecular complexity index is 1420. The maximum Gasteiger partial charge on any atom is 0.457 e. The van der Waals surface area contributed by atoms with Crippen LogP contribution in [0.15, 0.2) is 72.8 Å². The van der Waals surface area contributed by atoms with Gasteiger partial charge in [0.15, 0.2) is 6.10 Å². The lowest BCUT2D eigenvalue weighted by atomic mass is 9.92. The molecule has 10 heteroatoms. The molecule has 0 N–H and O–H groups in total. The summed E-state index contributed by atoms with van der Waals surface area (Å²) in [6.45, 7) is 4.44. The van der Waals surface area contributed by atoms with E-state index in [1.807, 2.05) is 37.3 Å². The SMILES string of the molecule is CCCCCCCCOOC(=O)c1ccc(-c2ccccc2)c(-c2ccc(C(=O)OC(CCCCCCCC)C(F)(F)C(F)(F)F)cc2)c1. The highest BCUT2D eigenvalue weighted by Crippen LogP contribution is 2.41. The summed E-state index contributed by atoms with van der Waals surface area (Å²) in [6, 6.07) is 20.0. The van der Waals surface area contributed by atoms with Crippen molar-refractivity contribution in [3.8, 4) is 22.3 Å². The number of carbonyl (C=O) groups is 2. The first-order chi connectivity index (χ1) is 23.5. The molecule has 0 aliphatic carbocycles. The first-order valence-corrected chi connectivity index (χ1v) is 17.3. The number of ether oxygens (including phenoxy) is 1. The van der Waals surface area contributed by atoms with Crippen molar-refractivity contribution in [3.63, 3.8) is 0 Å². The van der Waals surface area contributed by atoms with E-state index >= 15 is 0 Å². The highest BCUT2D eigenvalue weighted by molar-refractivity contribution is 5.95. The van der Waals surface area contributed by atoms with Crippen LogP contribution in [0.4, 0.5) is 22.0 Å². The topological polar surface area (TPSA) is 61.8 Å². The minimum atomic E-state index is -5.87. The molecule has 0 amide bonds. The van der Waals surface area contributed by atoms with Crippen LogP contribution in [0.1, 0.15) is 118 Å². The Morgan fingerprint density at radius 3 is 1.78 bits per heavy atom. The molecule has 0 fully saturated rings. The fraction of sp³-hybridized carbons (Fsp3) is 0.487. The molecule has 1 unspecified atom stereocenters. The molecule has 0 aliphatic rings. The van der Waals surface area contributed by atoms with Gasteiger partial charge in [0.05, 0.1) is 17.7 Å². The van der Waals surface area contributed by atoms with Crippen LogP contribution in [0.3, 0.4) is 0 Å². The van der Waals surface area contributed by atoms with Crippen LogP contribution in [-0.2, 0) is 14.5 Å². The predicted molar refractivity (Wildman–Crippen MR) is 180 cm³/mol. The third kappa shape index (κ3) is 12.2. The summed E-state index contributed by atoms with van der Waals surface area (Å²) in [4.78, 5) is 35.9. The van der Waals surface area contributed by atoms with Gasteiger partial charge in [-0.15, -0.1) is 0 Å². The second-order valence-corrected chi connectivity index (χ2v) is 12.2. The summed E-state index contributed by atoms with van der Waals surface area (Å²) in [5.41, 5.74) is 2.78. The molecule has 0 spiro atoms. The van der Waals surface area contributed by atoms with Crippen molar-refractivity contribution in [1.82, 2.24) is 0 Å². The Morgan fingerprint density at radius 2 is 1.16 bits per heavy atom. The van der Waals surface area contributed by atoms with Gasteiger partial charge in [-0.25, -0.2) is 9.59 Å². The summed E-state index contributed by atoms with van der Waals surface area (Å²) >= 11 is 0. The minimum Gasteiger partial charge on any atom is -0.452 e. The maximum absolute atomic E-state index is 14.4. The van der Waals surface area contributed by atoms with Gasteiger partial charge in [0, 0.05) is 0 Å². The number of esters is 1. The van der Waals surface area contributed by atoms with Crippen molar-refractivity contribution < 1.29 is 46.1 Å². The molecule has 0 radical (unpaired) electrons. The molecule has 5 nitrogen and oxygen atoms in total. The van der Waals surface area contributed by atoms with Crippen LogP contribution < -0.4 is 0 Å². The lowest BCUT2D eigenvalue weighted by Gasteiger charge is -2.28. The predicted octanol–water partition coefficient (Wildman–Crippen LogP) is 11.9. The molecule has 268 valence electrons. The number of hydrogen-bond donors (Lipinski definition) is 0. The Labute approximate surface area is 286 Å². The second kappa shape index (κ2) is 20.0. The number of hydrogen-bond acceptors (Lipinski definition) is 5. The molecular weight excluding hydrogens is 643 g/mol. The fourth-order valence-electron chi connectivity index (χ4n) is 5.45. The number of benzene rings is 3. The van der Waals surface area contributed by atoms with Crippen LogP contribution in [0.2, 0.25) is 0 Å². The average molecular weight is 691 g/mol.